The van der Waals surface area contributed by atoms with Crippen molar-refractivity contribution in [1.29, 1.82) is 0 Å². The summed E-state index contributed by atoms with van der Waals surface area (Å²) in [6.45, 7) is 1.41. The largest absolute Gasteiger partial charge is 0.451 e. The number of ketones is 1. The summed E-state index contributed by atoms with van der Waals surface area (Å²) < 4.78 is 5.58. The Labute approximate surface area is 156 Å². The van der Waals surface area contributed by atoms with Crippen molar-refractivity contribution in [1.82, 2.24) is 9.97 Å². The average Bonchev–Trinajstić information content (AvgIpc) is 3.25. The van der Waals surface area contributed by atoms with Crippen LogP contribution in [0.5, 0.6) is 0 Å². The van der Waals surface area contributed by atoms with Gasteiger partial charge in [0.25, 0.3) is 0 Å². The van der Waals surface area contributed by atoms with Gasteiger partial charge in [0, 0.05) is 17.7 Å². The number of benzene rings is 1. The second kappa shape index (κ2) is 6.89. The zero-order valence-corrected chi connectivity index (χ0v) is 15.3. The molecule has 4 aromatic rings. The summed E-state index contributed by atoms with van der Waals surface area (Å²) in [5.74, 6) is -0.142. The minimum Gasteiger partial charge on any atom is -0.451 e. The fraction of sp³-hybridized carbons (Fsp3) is 0.111. The molecule has 1 N–H and O–H groups in total. The van der Waals surface area contributed by atoms with Crippen LogP contribution in [-0.2, 0) is 4.79 Å². The van der Waals surface area contributed by atoms with Crippen LogP contribution in [0, 0.1) is 0 Å². The first-order valence-corrected chi connectivity index (χ1v) is 9.63. The Balaban J connectivity index is 1.55. The molecule has 3 heterocycles. The average molecular weight is 383 g/mol. The van der Waals surface area contributed by atoms with Crippen molar-refractivity contribution in [3.8, 4) is 0 Å². The Morgan fingerprint density at radius 1 is 1.19 bits per heavy atom. The van der Waals surface area contributed by atoms with Crippen molar-refractivity contribution in [3.63, 3.8) is 0 Å². The van der Waals surface area contributed by atoms with E-state index in [0.29, 0.717) is 16.7 Å². The van der Waals surface area contributed by atoms with Gasteiger partial charge in [-0.25, -0.2) is 9.97 Å². The van der Waals surface area contributed by atoms with Crippen LogP contribution in [-0.4, -0.2) is 27.4 Å². The second-order valence-electron chi connectivity index (χ2n) is 5.51. The van der Waals surface area contributed by atoms with Crippen molar-refractivity contribution in [2.75, 3.05) is 11.1 Å². The van der Waals surface area contributed by atoms with Gasteiger partial charge in [-0.15, -0.1) is 11.3 Å². The van der Waals surface area contributed by atoms with Gasteiger partial charge in [0.05, 0.1) is 11.4 Å². The summed E-state index contributed by atoms with van der Waals surface area (Å²) in [6, 6.07) is 9.17. The molecule has 26 heavy (non-hydrogen) atoms. The first-order valence-electron chi connectivity index (χ1n) is 7.77. The SMILES string of the molecule is CC(=O)c1oc2ccccc2c1NC(=O)CSc1ncnc2sccc12. The Bertz CT molecular complexity index is 1130. The number of fused-ring (bicyclic) bond motifs is 2. The Hall–Kier alpha value is -2.71. The second-order valence-corrected chi connectivity index (χ2v) is 7.37. The molecular weight excluding hydrogens is 370 g/mol. The van der Waals surface area contributed by atoms with Crippen molar-refractivity contribution in [2.45, 2.75) is 11.9 Å². The first kappa shape index (κ1) is 16.7. The van der Waals surface area contributed by atoms with Crippen molar-refractivity contribution < 1.29 is 14.0 Å². The topological polar surface area (TPSA) is 85.1 Å². The molecule has 1 aromatic carbocycles. The minimum atomic E-state index is -0.236. The molecule has 0 aliphatic carbocycles. The number of anilines is 1. The monoisotopic (exact) mass is 383 g/mol. The smallest absolute Gasteiger partial charge is 0.234 e. The zero-order valence-electron chi connectivity index (χ0n) is 13.7. The number of nitrogens with zero attached hydrogens (tertiary/aromatic N) is 2. The maximum absolute atomic E-state index is 12.5. The fourth-order valence-corrected chi connectivity index (χ4v) is 4.19. The van der Waals surface area contributed by atoms with Crippen LogP contribution in [0.3, 0.4) is 0 Å². The highest BCUT2D eigenvalue weighted by atomic mass is 32.2. The van der Waals surface area contributed by atoms with Crippen LogP contribution in [0.1, 0.15) is 17.5 Å². The standard InChI is InChI=1S/C18H13N3O3S2/c1-10(22)16-15(11-4-2-3-5-13(11)24-16)21-14(23)8-26-18-12-6-7-25-17(12)19-9-20-18/h2-7,9H,8H2,1H3,(H,21,23). The van der Waals surface area contributed by atoms with E-state index in [-0.39, 0.29) is 23.2 Å². The van der Waals surface area contributed by atoms with E-state index in [4.69, 9.17) is 4.42 Å². The van der Waals surface area contributed by atoms with Gasteiger partial charge in [-0.05, 0) is 23.6 Å². The summed E-state index contributed by atoms with van der Waals surface area (Å²) in [6.07, 6.45) is 1.50. The van der Waals surface area contributed by atoms with E-state index in [1.165, 1.54) is 36.3 Å². The number of furan rings is 1. The summed E-state index contributed by atoms with van der Waals surface area (Å²) >= 11 is 2.86. The van der Waals surface area contributed by atoms with E-state index in [1.807, 2.05) is 29.6 Å². The predicted octanol–water partition coefficient (Wildman–Crippen LogP) is 4.37. The molecule has 0 aliphatic heterocycles. The number of aromatic nitrogens is 2. The van der Waals surface area contributed by atoms with Crippen LogP contribution in [0.25, 0.3) is 21.2 Å². The summed E-state index contributed by atoms with van der Waals surface area (Å²) in [5, 5.41) is 7.16. The van der Waals surface area contributed by atoms with Gasteiger partial charge in [-0.2, -0.15) is 0 Å². The lowest BCUT2D eigenvalue weighted by molar-refractivity contribution is -0.113. The van der Waals surface area contributed by atoms with Gasteiger partial charge in [0.1, 0.15) is 21.8 Å². The summed E-state index contributed by atoms with van der Waals surface area (Å²) in [5.41, 5.74) is 0.985. The lowest BCUT2D eigenvalue weighted by Crippen LogP contribution is -2.15. The summed E-state index contributed by atoms with van der Waals surface area (Å²) in [7, 11) is 0. The van der Waals surface area contributed by atoms with E-state index in [2.05, 4.69) is 15.3 Å². The molecule has 0 fully saturated rings. The number of hydrogen-bond donors (Lipinski definition) is 1. The Morgan fingerprint density at radius 3 is 2.88 bits per heavy atom. The highest BCUT2D eigenvalue weighted by Gasteiger charge is 2.19. The Kier molecular flexibility index (Phi) is 4.44. The number of Topliss-reactive ketones (excluding diaryl/α,β-unsaturated/α-hetero) is 1. The van der Waals surface area contributed by atoms with Crippen LogP contribution in [0.15, 0.2) is 51.5 Å². The lowest BCUT2D eigenvalue weighted by atomic mass is 10.2. The molecule has 0 aliphatic rings. The van der Waals surface area contributed by atoms with E-state index in [1.54, 1.807) is 6.07 Å². The molecule has 0 atom stereocenters. The molecule has 6 nitrogen and oxygen atoms in total. The molecule has 0 bridgehead atoms. The molecule has 0 saturated heterocycles. The number of para-hydroxylation sites is 1. The third kappa shape index (κ3) is 3.09. The van der Waals surface area contributed by atoms with Gasteiger partial charge in [-0.3, -0.25) is 9.59 Å². The van der Waals surface area contributed by atoms with Crippen molar-refractivity contribution >= 4 is 61.7 Å². The predicted molar refractivity (Wildman–Crippen MR) is 103 cm³/mol. The number of amides is 1. The molecule has 4 rings (SSSR count). The molecule has 0 spiro atoms. The van der Waals surface area contributed by atoms with Gasteiger partial charge < -0.3 is 9.73 Å². The van der Waals surface area contributed by atoms with Gasteiger partial charge >= 0.3 is 0 Å². The van der Waals surface area contributed by atoms with Crippen LogP contribution in [0.4, 0.5) is 5.69 Å². The number of rotatable bonds is 5. The molecule has 0 radical (unpaired) electrons. The van der Waals surface area contributed by atoms with Crippen molar-refractivity contribution in [2.24, 2.45) is 0 Å². The maximum Gasteiger partial charge on any atom is 0.234 e. The zero-order chi connectivity index (χ0) is 18.1. The lowest BCUT2D eigenvalue weighted by Gasteiger charge is -2.05. The first-order chi connectivity index (χ1) is 12.6. The number of nitrogens with one attached hydrogen (secondary N) is 1. The normalized spacial score (nSPS) is 11.1. The highest BCUT2D eigenvalue weighted by molar-refractivity contribution is 8.00. The van der Waals surface area contributed by atoms with E-state index >= 15 is 0 Å². The van der Waals surface area contributed by atoms with Gasteiger partial charge in [0.15, 0.2) is 11.5 Å². The molecule has 0 unspecified atom stereocenters. The Morgan fingerprint density at radius 2 is 2.04 bits per heavy atom. The molecule has 0 saturated carbocycles. The van der Waals surface area contributed by atoms with Crippen LogP contribution >= 0.6 is 23.1 Å². The molecule has 3 aromatic heterocycles. The number of thioether (sulfide) groups is 1. The third-order valence-electron chi connectivity index (χ3n) is 3.74. The number of thiophene rings is 1. The third-order valence-corrected chi connectivity index (χ3v) is 5.57. The number of carbonyl (C=O) groups excluding carboxylic acids is 2. The van der Waals surface area contributed by atoms with Crippen LogP contribution in [0.2, 0.25) is 0 Å². The highest BCUT2D eigenvalue weighted by Crippen LogP contribution is 2.32. The summed E-state index contributed by atoms with van der Waals surface area (Å²) in [4.78, 5) is 33.6. The fourth-order valence-electron chi connectivity index (χ4n) is 2.61. The number of hydrogen-bond acceptors (Lipinski definition) is 7. The van der Waals surface area contributed by atoms with Crippen LogP contribution < -0.4 is 5.32 Å². The minimum absolute atomic E-state index is 0.159. The van der Waals surface area contributed by atoms with E-state index < -0.39 is 0 Å². The molecule has 130 valence electrons. The van der Waals surface area contributed by atoms with Gasteiger partial charge in [-0.1, -0.05) is 23.9 Å². The molecule has 8 heteroatoms. The quantitative estimate of drug-likeness (QED) is 0.313. The maximum atomic E-state index is 12.5. The van der Waals surface area contributed by atoms with Crippen molar-refractivity contribution in [3.05, 3.63) is 47.8 Å². The molecule has 1 amide bonds. The molecular formula is C18H13N3O3S2. The van der Waals surface area contributed by atoms with Gasteiger partial charge in [0.2, 0.25) is 5.91 Å². The van der Waals surface area contributed by atoms with E-state index in [0.717, 1.165) is 15.2 Å². The number of carbonyl (C=O) groups is 2. The van der Waals surface area contributed by atoms with E-state index in [9.17, 15) is 9.59 Å².